The molecule has 2 aromatic carbocycles. The van der Waals surface area contributed by atoms with Crippen LogP contribution in [0.1, 0.15) is 0 Å². The van der Waals surface area contributed by atoms with Gasteiger partial charge in [0.1, 0.15) is 22.5 Å². The number of fused-ring (bicyclic) bond motifs is 2. The van der Waals surface area contributed by atoms with Crippen molar-refractivity contribution in [3.05, 3.63) is 81.2 Å². The first kappa shape index (κ1) is 17.1. The molecule has 5 aromatic rings. The molecule has 0 spiro atoms. The van der Waals surface area contributed by atoms with Gasteiger partial charge in [-0.1, -0.05) is 28.1 Å². The van der Waals surface area contributed by atoms with E-state index in [1.54, 1.807) is 12.1 Å². The van der Waals surface area contributed by atoms with Crippen molar-refractivity contribution in [1.82, 2.24) is 9.97 Å². The Labute approximate surface area is 171 Å². The van der Waals surface area contributed by atoms with Crippen molar-refractivity contribution in [3.63, 3.8) is 0 Å². The van der Waals surface area contributed by atoms with Crippen molar-refractivity contribution in [3.8, 4) is 22.8 Å². The van der Waals surface area contributed by atoms with E-state index in [1.807, 2.05) is 36.4 Å². The molecule has 136 valence electrons. The highest BCUT2D eigenvalue weighted by Crippen LogP contribution is 2.39. The molecule has 0 saturated carbocycles. The highest BCUT2D eigenvalue weighted by Gasteiger charge is 2.15. The number of halogens is 1. The van der Waals surface area contributed by atoms with Crippen LogP contribution in [0.4, 0.5) is 0 Å². The Hall–Kier alpha value is -3.03. The average molecular weight is 451 g/mol. The summed E-state index contributed by atoms with van der Waals surface area (Å²) < 4.78 is 12.3. The molecule has 0 saturated heterocycles. The lowest BCUT2D eigenvalue weighted by Crippen LogP contribution is -1.95. The molecular weight excluding hydrogens is 440 g/mol. The predicted molar refractivity (Wildman–Crippen MR) is 113 cm³/mol. The van der Waals surface area contributed by atoms with E-state index in [0.717, 1.165) is 31.2 Å². The number of rotatable bonds is 3. The van der Waals surface area contributed by atoms with Crippen LogP contribution >= 0.6 is 27.3 Å². The molecule has 28 heavy (non-hydrogen) atoms. The summed E-state index contributed by atoms with van der Waals surface area (Å²) in [4.78, 5) is 21.0. The Morgan fingerprint density at radius 3 is 2.68 bits per heavy atom. The number of benzene rings is 2. The van der Waals surface area contributed by atoms with E-state index in [0.29, 0.717) is 17.2 Å². The summed E-state index contributed by atoms with van der Waals surface area (Å²) in [6, 6.07) is 16.5. The lowest BCUT2D eigenvalue weighted by Gasteiger charge is -2.08. The van der Waals surface area contributed by atoms with Crippen LogP contribution in [0.2, 0.25) is 0 Å². The molecule has 0 unspecified atom stereocenters. The topological polar surface area (TPSA) is 65.2 Å². The van der Waals surface area contributed by atoms with Gasteiger partial charge in [0, 0.05) is 32.9 Å². The van der Waals surface area contributed by atoms with Crippen molar-refractivity contribution < 1.29 is 9.15 Å². The van der Waals surface area contributed by atoms with E-state index >= 15 is 0 Å². The van der Waals surface area contributed by atoms with Gasteiger partial charge in [-0.15, -0.1) is 11.3 Å². The maximum atomic E-state index is 11.5. The molecule has 3 aromatic heterocycles. The van der Waals surface area contributed by atoms with E-state index in [2.05, 4.69) is 31.3 Å². The maximum Gasteiger partial charge on any atom is 0.336 e. The largest absolute Gasteiger partial charge is 0.438 e. The molecule has 0 bridgehead atoms. The van der Waals surface area contributed by atoms with Gasteiger partial charge in [0.05, 0.1) is 5.39 Å². The van der Waals surface area contributed by atoms with Gasteiger partial charge < -0.3 is 9.15 Å². The second-order valence-corrected chi connectivity index (χ2v) is 7.85. The maximum absolute atomic E-state index is 11.5. The SMILES string of the molecule is O=c1ccc2ccc(Oc3ncnc4scc(-c5ccc(Br)cc5)c34)cc2o1. The van der Waals surface area contributed by atoms with Gasteiger partial charge in [-0.25, -0.2) is 14.8 Å². The minimum absolute atomic E-state index is 0.399. The van der Waals surface area contributed by atoms with Crippen molar-refractivity contribution in [2.75, 3.05) is 0 Å². The second kappa shape index (κ2) is 6.85. The lowest BCUT2D eigenvalue weighted by molar-refractivity contribution is 0.467. The summed E-state index contributed by atoms with van der Waals surface area (Å²) in [6.07, 6.45) is 1.49. The van der Waals surface area contributed by atoms with Gasteiger partial charge in [0.2, 0.25) is 5.88 Å². The zero-order chi connectivity index (χ0) is 19.1. The minimum atomic E-state index is -0.399. The number of hydrogen-bond acceptors (Lipinski definition) is 6. The second-order valence-electron chi connectivity index (χ2n) is 6.07. The Balaban J connectivity index is 1.62. The molecule has 5 nitrogen and oxygen atoms in total. The number of aromatic nitrogens is 2. The van der Waals surface area contributed by atoms with Crippen molar-refractivity contribution in [1.29, 1.82) is 0 Å². The fraction of sp³-hybridized carbons (Fsp3) is 0. The van der Waals surface area contributed by atoms with E-state index in [4.69, 9.17) is 9.15 Å². The van der Waals surface area contributed by atoms with Crippen LogP contribution in [-0.4, -0.2) is 9.97 Å². The van der Waals surface area contributed by atoms with Gasteiger partial charge in [-0.2, -0.15) is 0 Å². The summed E-state index contributed by atoms with van der Waals surface area (Å²) in [5.41, 5.74) is 2.13. The standard InChI is InChI=1S/C21H11BrN2O3S/c22-14-5-1-12(2-6-14)16-10-28-21-19(16)20(23-11-24-21)26-15-7-3-13-4-8-18(25)27-17(13)9-15/h1-11H. The average Bonchev–Trinajstić information content (AvgIpc) is 3.13. The Kier molecular flexibility index (Phi) is 4.18. The molecule has 0 N–H and O–H groups in total. The molecule has 0 aliphatic carbocycles. The number of ether oxygens (including phenoxy) is 1. The molecule has 0 radical (unpaired) electrons. The van der Waals surface area contributed by atoms with Gasteiger partial charge >= 0.3 is 5.63 Å². The van der Waals surface area contributed by atoms with Gasteiger partial charge in [0.25, 0.3) is 0 Å². The third-order valence-electron chi connectivity index (χ3n) is 4.30. The van der Waals surface area contributed by atoms with Crippen molar-refractivity contribution in [2.45, 2.75) is 0 Å². The zero-order valence-corrected chi connectivity index (χ0v) is 16.7. The lowest BCUT2D eigenvalue weighted by atomic mass is 10.1. The molecule has 0 aliphatic heterocycles. The third kappa shape index (κ3) is 3.08. The highest BCUT2D eigenvalue weighted by atomic mass is 79.9. The van der Waals surface area contributed by atoms with Crippen LogP contribution in [0.15, 0.2) is 80.0 Å². The first-order valence-electron chi connectivity index (χ1n) is 8.37. The van der Waals surface area contributed by atoms with E-state index < -0.39 is 5.63 Å². The summed E-state index contributed by atoms with van der Waals surface area (Å²) in [7, 11) is 0. The van der Waals surface area contributed by atoms with Gasteiger partial charge in [0.15, 0.2) is 0 Å². The molecule has 0 fully saturated rings. The molecule has 3 heterocycles. The molecule has 0 aliphatic rings. The Morgan fingerprint density at radius 1 is 1.00 bits per heavy atom. The fourth-order valence-corrected chi connectivity index (χ4v) is 4.15. The van der Waals surface area contributed by atoms with Crippen molar-refractivity contribution in [2.24, 2.45) is 0 Å². The third-order valence-corrected chi connectivity index (χ3v) is 5.71. The monoisotopic (exact) mass is 450 g/mol. The highest BCUT2D eigenvalue weighted by molar-refractivity contribution is 9.10. The zero-order valence-electron chi connectivity index (χ0n) is 14.3. The van der Waals surface area contributed by atoms with Crippen LogP contribution in [0.3, 0.4) is 0 Å². The Bertz CT molecular complexity index is 1380. The molecular formula is C21H11BrN2O3S. The first-order valence-corrected chi connectivity index (χ1v) is 10.0. The summed E-state index contributed by atoms with van der Waals surface area (Å²) in [5, 5.41) is 3.73. The quantitative estimate of drug-likeness (QED) is 0.314. The number of nitrogens with zero attached hydrogens (tertiary/aromatic N) is 2. The van der Waals surface area contributed by atoms with Crippen LogP contribution in [0, 0.1) is 0 Å². The molecule has 0 amide bonds. The summed E-state index contributed by atoms with van der Waals surface area (Å²) >= 11 is 5.00. The number of hydrogen-bond donors (Lipinski definition) is 0. The van der Waals surface area contributed by atoms with Crippen LogP contribution in [0.5, 0.6) is 11.6 Å². The molecule has 5 rings (SSSR count). The van der Waals surface area contributed by atoms with Crippen LogP contribution in [0.25, 0.3) is 32.3 Å². The molecule has 7 heteroatoms. The van der Waals surface area contributed by atoms with E-state index in [-0.39, 0.29) is 0 Å². The fourth-order valence-electron chi connectivity index (χ4n) is 2.98. The van der Waals surface area contributed by atoms with E-state index in [1.165, 1.54) is 23.7 Å². The summed E-state index contributed by atoms with van der Waals surface area (Å²) in [6.45, 7) is 0. The smallest absolute Gasteiger partial charge is 0.336 e. The summed E-state index contributed by atoms with van der Waals surface area (Å²) in [5.74, 6) is 0.997. The van der Waals surface area contributed by atoms with Crippen molar-refractivity contribution >= 4 is 48.5 Å². The van der Waals surface area contributed by atoms with Gasteiger partial charge in [-0.3, -0.25) is 0 Å². The van der Waals surface area contributed by atoms with Gasteiger partial charge in [-0.05, 0) is 35.9 Å². The minimum Gasteiger partial charge on any atom is -0.438 e. The predicted octanol–water partition coefficient (Wildman–Crippen LogP) is 6.02. The van der Waals surface area contributed by atoms with E-state index in [9.17, 15) is 4.79 Å². The Morgan fingerprint density at radius 2 is 1.82 bits per heavy atom. The molecule has 0 atom stereocenters. The van der Waals surface area contributed by atoms with Crippen LogP contribution < -0.4 is 10.4 Å². The van der Waals surface area contributed by atoms with Crippen LogP contribution in [-0.2, 0) is 0 Å². The first-order chi connectivity index (χ1) is 13.7. The number of thiophene rings is 1. The normalized spacial score (nSPS) is 11.2.